The van der Waals surface area contributed by atoms with E-state index in [-0.39, 0.29) is 12.2 Å². The maximum atomic E-state index is 13.4. The van der Waals surface area contributed by atoms with Gasteiger partial charge in [-0.1, -0.05) is 5.57 Å². The van der Waals surface area contributed by atoms with Gasteiger partial charge in [0.2, 0.25) is 0 Å². The highest BCUT2D eigenvalue weighted by Crippen LogP contribution is 2.19. The van der Waals surface area contributed by atoms with Crippen LogP contribution in [0.15, 0.2) is 23.8 Å². The van der Waals surface area contributed by atoms with Gasteiger partial charge in [0.15, 0.2) is 24.0 Å². The van der Waals surface area contributed by atoms with Crippen LogP contribution in [0.1, 0.15) is 13.8 Å². The van der Waals surface area contributed by atoms with Crippen LogP contribution >= 0.6 is 0 Å². The van der Waals surface area contributed by atoms with Gasteiger partial charge in [-0.2, -0.15) is 0 Å². The van der Waals surface area contributed by atoms with Gasteiger partial charge >= 0.3 is 0 Å². The average molecular weight is 287 g/mol. The molecule has 20 heavy (non-hydrogen) atoms. The van der Waals surface area contributed by atoms with E-state index in [4.69, 9.17) is 0 Å². The lowest BCUT2D eigenvalue weighted by atomic mass is 10.2. The Bertz CT molecular complexity index is 525. The van der Waals surface area contributed by atoms with Crippen LogP contribution in [0.5, 0.6) is 0 Å². The quantitative estimate of drug-likeness (QED) is 0.625. The summed E-state index contributed by atoms with van der Waals surface area (Å²) in [5.74, 6) is -4.73. The van der Waals surface area contributed by atoms with Crippen LogP contribution in [-0.4, -0.2) is 26.0 Å². The van der Waals surface area contributed by atoms with E-state index in [1.54, 1.807) is 7.05 Å². The second-order valence-corrected chi connectivity index (χ2v) is 4.89. The van der Waals surface area contributed by atoms with Gasteiger partial charge in [0.1, 0.15) is 0 Å². The third kappa shape index (κ3) is 4.70. The van der Waals surface area contributed by atoms with Gasteiger partial charge in [-0.05, 0) is 32.1 Å². The Balaban J connectivity index is 2.63. The Kier molecular flexibility index (Phi) is 5.76. The molecule has 0 bridgehead atoms. The molecule has 1 aromatic rings. The molecule has 1 unspecified atom stereocenters. The van der Waals surface area contributed by atoms with Crippen molar-refractivity contribution in [3.8, 4) is 0 Å². The summed E-state index contributed by atoms with van der Waals surface area (Å²) in [6, 6.07) is 1.77. The van der Waals surface area contributed by atoms with Crippen molar-refractivity contribution in [1.82, 2.24) is 0 Å². The maximum Gasteiger partial charge on any atom is 0.279 e. The van der Waals surface area contributed by atoms with Crippen molar-refractivity contribution >= 4 is 11.6 Å². The van der Waals surface area contributed by atoms with Gasteiger partial charge in [0, 0.05) is 0 Å². The molecule has 1 atom stereocenters. The van der Waals surface area contributed by atoms with Crippen LogP contribution < -0.4 is 10.2 Å². The fourth-order valence-electron chi connectivity index (χ4n) is 1.54. The van der Waals surface area contributed by atoms with E-state index < -0.39 is 23.4 Å². The molecule has 0 radical (unpaired) electrons. The smallest absolute Gasteiger partial charge is 0.279 e. The molecule has 0 saturated carbocycles. The number of quaternary nitrogens is 1. The number of benzene rings is 1. The van der Waals surface area contributed by atoms with Crippen LogP contribution in [0.2, 0.25) is 0 Å². The molecule has 3 nitrogen and oxygen atoms in total. The number of nitrogens with one attached hydrogen (secondary N) is 2. The van der Waals surface area contributed by atoms with E-state index >= 15 is 0 Å². The van der Waals surface area contributed by atoms with E-state index in [0.29, 0.717) is 6.54 Å². The zero-order valence-corrected chi connectivity index (χ0v) is 11.7. The molecule has 0 fully saturated rings. The number of likely N-dealkylation sites (N-methyl/N-ethyl adjacent to an activating group) is 1. The highest BCUT2D eigenvalue weighted by molar-refractivity contribution is 5.91. The first kappa shape index (κ1) is 16.2. The van der Waals surface area contributed by atoms with E-state index in [9.17, 15) is 18.0 Å². The lowest BCUT2D eigenvalue weighted by molar-refractivity contribution is -0.864. The molecule has 0 aliphatic rings. The summed E-state index contributed by atoms with van der Waals surface area (Å²) in [5.41, 5.74) is 0.778. The number of carbonyl (C=O) groups is 1. The summed E-state index contributed by atoms with van der Waals surface area (Å²) in [5, 5.41) is 2.23. The number of anilines is 1. The summed E-state index contributed by atoms with van der Waals surface area (Å²) in [6.07, 6.45) is 1.97. The maximum absolute atomic E-state index is 13.4. The van der Waals surface area contributed by atoms with E-state index in [1.165, 1.54) is 0 Å². The molecule has 0 aliphatic heterocycles. The van der Waals surface area contributed by atoms with Gasteiger partial charge < -0.3 is 10.2 Å². The topological polar surface area (TPSA) is 33.5 Å². The molecular formula is C14H18F3N2O+. The molecule has 110 valence electrons. The Morgan fingerprint density at radius 2 is 1.90 bits per heavy atom. The third-order valence-electron chi connectivity index (χ3n) is 2.63. The monoisotopic (exact) mass is 287 g/mol. The number of carbonyl (C=O) groups excluding carboxylic acids is 1. The van der Waals surface area contributed by atoms with Gasteiger partial charge in [-0.25, -0.2) is 13.2 Å². The van der Waals surface area contributed by atoms with Crippen molar-refractivity contribution in [2.45, 2.75) is 13.8 Å². The fraction of sp³-hybridized carbons (Fsp3) is 0.357. The Hall–Kier alpha value is -1.82. The number of hydrogen-bond acceptors (Lipinski definition) is 1. The molecule has 0 heterocycles. The number of rotatable bonds is 5. The van der Waals surface area contributed by atoms with Crippen LogP contribution in [-0.2, 0) is 4.79 Å². The predicted octanol–water partition coefficient (Wildman–Crippen LogP) is 1.52. The molecule has 0 aromatic heterocycles. The zero-order chi connectivity index (χ0) is 15.3. The van der Waals surface area contributed by atoms with E-state index in [0.717, 1.165) is 22.6 Å². The number of allylic oxidation sites excluding steroid dienone is 1. The van der Waals surface area contributed by atoms with Gasteiger partial charge in [0.05, 0.1) is 19.3 Å². The Labute approximate surface area is 116 Å². The highest BCUT2D eigenvalue weighted by Gasteiger charge is 2.16. The number of halogens is 3. The SMILES string of the molecule is CC(C)=CC[NH+](C)CC(=O)Nc1ccc(F)c(F)c1F. The molecular weight excluding hydrogens is 269 g/mol. The molecule has 6 heteroatoms. The Morgan fingerprint density at radius 3 is 2.50 bits per heavy atom. The van der Waals surface area contributed by atoms with Gasteiger partial charge in [0.25, 0.3) is 5.91 Å². The number of hydrogen-bond donors (Lipinski definition) is 2. The zero-order valence-electron chi connectivity index (χ0n) is 11.7. The van der Waals surface area contributed by atoms with Crippen LogP contribution in [0.4, 0.5) is 18.9 Å². The third-order valence-corrected chi connectivity index (χ3v) is 2.63. The largest absolute Gasteiger partial charge is 0.326 e. The normalized spacial score (nSPS) is 11.9. The Morgan fingerprint density at radius 1 is 1.25 bits per heavy atom. The van der Waals surface area contributed by atoms with Crippen molar-refractivity contribution in [3.63, 3.8) is 0 Å². The lowest BCUT2D eigenvalue weighted by Gasteiger charge is -2.12. The fourth-order valence-corrected chi connectivity index (χ4v) is 1.54. The second-order valence-electron chi connectivity index (χ2n) is 4.89. The minimum Gasteiger partial charge on any atom is -0.326 e. The summed E-state index contributed by atoms with van der Waals surface area (Å²) in [4.78, 5) is 12.6. The lowest BCUT2D eigenvalue weighted by Crippen LogP contribution is -3.09. The molecule has 1 aromatic carbocycles. The van der Waals surface area contributed by atoms with E-state index in [1.807, 2.05) is 19.9 Å². The first-order chi connectivity index (χ1) is 9.31. The molecule has 0 aliphatic carbocycles. The molecule has 1 amide bonds. The summed E-state index contributed by atoms with van der Waals surface area (Å²) in [7, 11) is 1.81. The van der Waals surface area contributed by atoms with Gasteiger partial charge in [-0.3, -0.25) is 4.79 Å². The van der Waals surface area contributed by atoms with Crippen LogP contribution in [0.3, 0.4) is 0 Å². The minimum atomic E-state index is -1.59. The highest BCUT2D eigenvalue weighted by atomic mass is 19.2. The first-order valence-corrected chi connectivity index (χ1v) is 6.19. The molecule has 0 saturated heterocycles. The van der Waals surface area contributed by atoms with Crippen molar-refractivity contribution in [3.05, 3.63) is 41.2 Å². The van der Waals surface area contributed by atoms with Crippen LogP contribution in [0.25, 0.3) is 0 Å². The molecule has 1 rings (SSSR count). The minimum absolute atomic E-state index is 0.0994. The second kappa shape index (κ2) is 7.09. The summed E-state index contributed by atoms with van der Waals surface area (Å²) >= 11 is 0. The molecule has 2 N–H and O–H groups in total. The van der Waals surface area contributed by atoms with Crippen molar-refractivity contribution in [2.24, 2.45) is 0 Å². The van der Waals surface area contributed by atoms with Crippen molar-refractivity contribution < 1.29 is 22.9 Å². The standard InChI is InChI=1S/C14H17F3N2O/c1-9(2)6-7-19(3)8-12(20)18-11-5-4-10(15)13(16)14(11)17/h4-6H,7-8H2,1-3H3,(H,18,20)/p+1. The van der Waals surface area contributed by atoms with Crippen molar-refractivity contribution in [1.29, 1.82) is 0 Å². The van der Waals surface area contributed by atoms with Gasteiger partial charge in [-0.15, -0.1) is 0 Å². The first-order valence-electron chi connectivity index (χ1n) is 6.19. The van der Waals surface area contributed by atoms with Crippen LogP contribution in [0, 0.1) is 17.5 Å². The van der Waals surface area contributed by atoms with Crippen molar-refractivity contribution in [2.75, 3.05) is 25.5 Å². The summed E-state index contributed by atoms with van der Waals surface area (Å²) < 4.78 is 39.1. The average Bonchev–Trinajstić information content (AvgIpc) is 2.37. The number of amides is 1. The summed E-state index contributed by atoms with van der Waals surface area (Å²) in [6.45, 7) is 4.65. The molecule has 0 spiro atoms. The van der Waals surface area contributed by atoms with E-state index in [2.05, 4.69) is 5.32 Å². The predicted molar refractivity (Wildman–Crippen MR) is 71.0 cm³/mol.